The summed E-state index contributed by atoms with van der Waals surface area (Å²) in [5.74, 6) is 1.11. The van der Waals surface area contributed by atoms with E-state index in [4.69, 9.17) is 15.2 Å². The zero-order valence-electron chi connectivity index (χ0n) is 10.7. The third-order valence-corrected chi connectivity index (χ3v) is 3.26. The molecule has 0 spiro atoms. The maximum atomic E-state index is 11.2. The molecule has 1 unspecified atom stereocenters. The number of amides is 1. The number of nitrogens with one attached hydrogen (secondary N) is 1. The molecule has 1 heterocycles. The largest absolute Gasteiger partial charge is 0.486 e. The van der Waals surface area contributed by atoms with Crippen LogP contribution in [-0.2, 0) is 10.3 Å². The number of primary amides is 1. The Labute approximate surface area is 106 Å². The number of ether oxygens (including phenoxy) is 2. The minimum absolute atomic E-state index is 0.225. The lowest BCUT2D eigenvalue weighted by Gasteiger charge is -2.30. The fourth-order valence-electron chi connectivity index (χ4n) is 2.07. The van der Waals surface area contributed by atoms with Crippen molar-refractivity contribution in [1.82, 2.24) is 5.32 Å². The lowest BCUT2D eigenvalue weighted by atomic mass is 9.88. The Kier molecular flexibility index (Phi) is 3.43. The first-order valence-corrected chi connectivity index (χ1v) is 5.92. The number of benzene rings is 1. The third-order valence-electron chi connectivity index (χ3n) is 3.26. The molecule has 5 nitrogen and oxygen atoms in total. The van der Waals surface area contributed by atoms with Crippen LogP contribution in [0.3, 0.4) is 0 Å². The molecule has 0 saturated carbocycles. The summed E-state index contributed by atoms with van der Waals surface area (Å²) in [6.45, 7) is 3.04. The lowest BCUT2D eigenvalue weighted by molar-refractivity contribution is -0.119. The lowest BCUT2D eigenvalue weighted by Crippen LogP contribution is -2.40. The Morgan fingerprint density at radius 1 is 1.39 bits per heavy atom. The fraction of sp³-hybridized carbons (Fsp3) is 0.462. The van der Waals surface area contributed by atoms with Gasteiger partial charge in [-0.05, 0) is 31.7 Å². The Balaban J connectivity index is 2.34. The highest BCUT2D eigenvalue weighted by Gasteiger charge is 2.28. The zero-order valence-corrected chi connectivity index (χ0v) is 10.7. The molecule has 0 radical (unpaired) electrons. The Bertz CT molecular complexity index is 462. The molecule has 0 saturated heterocycles. The number of hydrogen-bond acceptors (Lipinski definition) is 4. The van der Waals surface area contributed by atoms with Crippen molar-refractivity contribution in [1.29, 1.82) is 0 Å². The van der Waals surface area contributed by atoms with Crippen molar-refractivity contribution in [2.24, 2.45) is 5.73 Å². The van der Waals surface area contributed by atoms with E-state index in [9.17, 15) is 4.79 Å². The summed E-state index contributed by atoms with van der Waals surface area (Å²) < 4.78 is 11.0. The van der Waals surface area contributed by atoms with E-state index in [2.05, 4.69) is 5.32 Å². The van der Waals surface area contributed by atoms with E-state index in [0.717, 1.165) is 11.3 Å². The predicted molar refractivity (Wildman–Crippen MR) is 67.7 cm³/mol. The summed E-state index contributed by atoms with van der Waals surface area (Å²) in [6, 6.07) is 5.68. The third kappa shape index (κ3) is 2.41. The summed E-state index contributed by atoms with van der Waals surface area (Å²) in [7, 11) is 1.81. The first-order valence-electron chi connectivity index (χ1n) is 5.92. The molecule has 98 valence electrons. The smallest absolute Gasteiger partial charge is 0.219 e. The molecule has 2 rings (SSSR count). The van der Waals surface area contributed by atoms with Crippen molar-refractivity contribution in [3.63, 3.8) is 0 Å². The zero-order chi connectivity index (χ0) is 13.2. The first kappa shape index (κ1) is 12.7. The number of fused-ring (bicyclic) bond motifs is 1. The first-order chi connectivity index (χ1) is 8.55. The van der Waals surface area contributed by atoms with E-state index in [0.29, 0.717) is 19.0 Å². The van der Waals surface area contributed by atoms with E-state index >= 15 is 0 Å². The van der Waals surface area contributed by atoms with Crippen LogP contribution in [-0.4, -0.2) is 26.2 Å². The minimum Gasteiger partial charge on any atom is -0.486 e. The van der Waals surface area contributed by atoms with Crippen molar-refractivity contribution >= 4 is 5.91 Å². The predicted octanol–water partition coefficient (Wildman–Crippen LogP) is 0.768. The van der Waals surface area contributed by atoms with Crippen LogP contribution in [0.1, 0.15) is 18.9 Å². The summed E-state index contributed by atoms with van der Waals surface area (Å²) in [6.07, 6.45) is 0.225. The van der Waals surface area contributed by atoms with E-state index in [1.54, 1.807) is 7.05 Å². The summed E-state index contributed by atoms with van der Waals surface area (Å²) in [5, 5.41) is 3.14. The van der Waals surface area contributed by atoms with Gasteiger partial charge in [0, 0.05) is 12.0 Å². The molecular formula is C13H18N2O3. The number of carbonyl (C=O) groups is 1. The average Bonchev–Trinajstić information content (AvgIpc) is 2.37. The van der Waals surface area contributed by atoms with Crippen LogP contribution in [0.15, 0.2) is 18.2 Å². The molecule has 0 fully saturated rings. The van der Waals surface area contributed by atoms with Gasteiger partial charge in [0.2, 0.25) is 5.91 Å². The second-order valence-electron chi connectivity index (χ2n) is 4.58. The Morgan fingerprint density at radius 2 is 2.06 bits per heavy atom. The van der Waals surface area contributed by atoms with Crippen LogP contribution in [0.25, 0.3) is 0 Å². The van der Waals surface area contributed by atoms with Crippen molar-refractivity contribution in [3.05, 3.63) is 23.8 Å². The monoisotopic (exact) mass is 250 g/mol. The van der Waals surface area contributed by atoms with Crippen molar-refractivity contribution in [2.45, 2.75) is 18.9 Å². The molecule has 1 aromatic rings. The topological polar surface area (TPSA) is 73.6 Å². The molecule has 5 heteroatoms. The number of carbonyl (C=O) groups excluding carboxylic acids is 1. The SMILES string of the molecule is CNC(C)(CC(N)=O)c1ccc2c(c1)OCCO2. The minimum atomic E-state index is -0.498. The molecule has 1 aliphatic heterocycles. The number of hydrogen-bond donors (Lipinski definition) is 2. The van der Waals surface area contributed by atoms with Gasteiger partial charge in [-0.2, -0.15) is 0 Å². The average molecular weight is 250 g/mol. The van der Waals surface area contributed by atoms with Gasteiger partial charge < -0.3 is 20.5 Å². The molecule has 18 heavy (non-hydrogen) atoms. The normalized spacial score (nSPS) is 17.0. The second kappa shape index (κ2) is 4.86. The van der Waals surface area contributed by atoms with Gasteiger partial charge in [0.15, 0.2) is 11.5 Å². The van der Waals surface area contributed by atoms with Gasteiger partial charge in [-0.3, -0.25) is 4.79 Å². The highest BCUT2D eigenvalue weighted by Crippen LogP contribution is 2.35. The molecule has 1 aliphatic rings. The van der Waals surface area contributed by atoms with Crippen molar-refractivity contribution in [3.8, 4) is 11.5 Å². The quantitative estimate of drug-likeness (QED) is 0.827. The number of nitrogens with two attached hydrogens (primary N) is 1. The summed E-state index contributed by atoms with van der Waals surface area (Å²) in [5.41, 5.74) is 5.75. The molecule has 0 bridgehead atoms. The molecule has 1 aromatic carbocycles. The highest BCUT2D eigenvalue weighted by atomic mass is 16.6. The molecular weight excluding hydrogens is 232 g/mol. The van der Waals surface area contributed by atoms with Gasteiger partial charge in [-0.15, -0.1) is 0 Å². The maximum Gasteiger partial charge on any atom is 0.219 e. The highest BCUT2D eigenvalue weighted by molar-refractivity contribution is 5.75. The summed E-state index contributed by atoms with van der Waals surface area (Å²) in [4.78, 5) is 11.2. The second-order valence-corrected chi connectivity index (χ2v) is 4.58. The van der Waals surface area contributed by atoms with Crippen LogP contribution in [0.4, 0.5) is 0 Å². The van der Waals surface area contributed by atoms with Crippen LogP contribution < -0.4 is 20.5 Å². The van der Waals surface area contributed by atoms with Gasteiger partial charge in [0.05, 0.1) is 0 Å². The van der Waals surface area contributed by atoms with E-state index < -0.39 is 5.54 Å². The standard InChI is InChI=1S/C13H18N2O3/c1-13(15-2,8-12(14)16)9-3-4-10-11(7-9)18-6-5-17-10/h3-4,7,15H,5-6,8H2,1-2H3,(H2,14,16). The Hall–Kier alpha value is -1.75. The van der Waals surface area contributed by atoms with E-state index in [1.807, 2.05) is 25.1 Å². The van der Waals surface area contributed by atoms with Crippen LogP contribution in [0, 0.1) is 0 Å². The van der Waals surface area contributed by atoms with Crippen LogP contribution in [0.2, 0.25) is 0 Å². The Morgan fingerprint density at radius 3 is 2.67 bits per heavy atom. The molecule has 0 aromatic heterocycles. The van der Waals surface area contributed by atoms with Crippen LogP contribution >= 0.6 is 0 Å². The van der Waals surface area contributed by atoms with Crippen LogP contribution in [0.5, 0.6) is 11.5 Å². The van der Waals surface area contributed by atoms with E-state index in [1.165, 1.54) is 0 Å². The fourth-order valence-corrected chi connectivity index (χ4v) is 2.07. The summed E-state index contributed by atoms with van der Waals surface area (Å²) >= 11 is 0. The van der Waals surface area contributed by atoms with Gasteiger partial charge >= 0.3 is 0 Å². The van der Waals surface area contributed by atoms with E-state index in [-0.39, 0.29) is 12.3 Å². The van der Waals surface area contributed by atoms with Gasteiger partial charge in [0.1, 0.15) is 13.2 Å². The molecule has 1 amide bonds. The van der Waals surface area contributed by atoms with Gasteiger partial charge in [0.25, 0.3) is 0 Å². The number of rotatable bonds is 4. The molecule has 3 N–H and O–H groups in total. The maximum absolute atomic E-state index is 11.2. The van der Waals surface area contributed by atoms with Crippen molar-refractivity contribution < 1.29 is 14.3 Å². The van der Waals surface area contributed by atoms with Gasteiger partial charge in [-0.25, -0.2) is 0 Å². The van der Waals surface area contributed by atoms with Gasteiger partial charge in [-0.1, -0.05) is 6.07 Å². The molecule has 1 atom stereocenters. The molecule has 0 aliphatic carbocycles. The van der Waals surface area contributed by atoms with Crippen molar-refractivity contribution in [2.75, 3.05) is 20.3 Å².